The molecule has 5 rings (SSSR count). The number of allylic oxidation sites excluding steroid dienone is 2. The average Bonchev–Trinajstić information content (AvgIpc) is 3.13. The molecule has 0 spiro atoms. The third kappa shape index (κ3) is 3.88. The number of piperazine rings is 1. The molecule has 0 saturated carbocycles. The number of ether oxygens (including phenoxy) is 1. The summed E-state index contributed by atoms with van der Waals surface area (Å²) in [6.07, 6.45) is 5.15. The zero-order valence-corrected chi connectivity index (χ0v) is 18.6. The summed E-state index contributed by atoms with van der Waals surface area (Å²) < 4.78 is 5.22. The van der Waals surface area contributed by atoms with Crippen LogP contribution in [-0.4, -0.2) is 55.9 Å². The van der Waals surface area contributed by atoms with Gasteiger partial charge in [0.25, 0.3) is 5.91 Å². The number of nitrogens with zero attached hydrogens (tertiary/aromatic N) is 3. The molecule has 0 unspecified atom stereocenters. The molecular formula is C26H27N3O4. The highest BCUT2D eigenvalue weighted by Gasteiger charge is 2.47. The lowest BCUT2D eigenvalue weighted by Crippen LogP contribution is -2.48. The Morgan fingerprint density at radius 3 is 2.09 bits per heavy atom. The van der Waals surface area contributed by atoms with Gasteiger partial charge in [0, 0.05) is 37.4 Å². The number of anilines is 2. The van der Waals surface area contributed by atoms with Crippen LogP contribution in [0.4, 0.5) is 11.4 Å². The van der Waals surface area contributed by atoms with Crippen molar-refractivity contribution in [2.45, 2.75) is 12.8 Å². The minimum Gasteiger partial charge on any atom is -0.497 e. The summed E-state index contributed by atoms with van der Waals surface area (Å²) in [6.45, 7) is 2.67. The van der Waals surface area contributed by atoms with E-state index >= 15 is 0 Å². The molecule has 0 bridgehead atoms. The van der Waals surface area contributed by atoms with Crippen molar-refractivity contribution in [3.63, 3.8) is 0 Å². The number of fused-ring (bicyclic) bond motifs is 1. The quantitative estimate of drug-likeness (QED) is 0.534. The van der Waals surface area contributed by atoms with Crippen molar-refractivity contribution in [1.82, 2.24) is 4.90 Å². The first-order chi connectivity index (χ1) is 16.1. The molecule has 3 amide bonds. The maximum Gasteiger partial charge on any atom is 0.254 e. The van der Waals surface area contributed by atoms with E-state index in [9.17, 15) is 14.4 Å². The van der Waals surface area contributed by atoms with E-state index in [1.807, 2.05) is 41.3 Å². The number of benzene rings is 2. The summed E-state index contributed by atoms with van der Waals surface area (Å²) in [4.78, 5) is 44.4. The number of rotatable bonds is 4. The van der Waals surface area contributed by atoms with E-state index < -0.39 is 0 Å². The Balaban J connectivity index is 1.27. The van der Waals surface area contributed by atoms with Crippen molar-refractivity contribution in [2.75, 3.05) is 43.1 Å². The van der Waals surface area contributed by atoms with Crippen LogP contribution < -0.4 is 14.5 Å². The van der Waals surface area contributed by atoms with Gasteiger partial charge in [-0.1, -0.05) is 18.2 Å². The van der Waals surface area contributed by atoms with Gasteiger partial charge in [-0.2, -0.15) is 0 Å². The second-order valence-corrected chi connectivity index (χ2v) is 8.70. The van der Waals surface area contributed by atoms with Gasteiger partial charge < -0.3 is 14.5 Å². The molecule has 2 fully saturated rings. The highest BCUT2D eigenvalue weighted by atomic mass is 16.5. The normalized spacial score (nSPS) is 22.5. The Morgan fingerprint density at radius 1 is 0.848 bits per heavy atom. The minimum absolute atomic E-state index is 0.0793. The molecule has 0 N–H and O–H groups in total. The number of imide groups is 1. The summed E-state index contributed by atoms with van der Waals surface area (Å²) in [6, 6.07) is 14.8. The number of hydrogen-bond donors (Lipinski definition) is 0. The lowest BCUT2D eigenvalue weighted by molar-refractivity contribution is -0.122. The molecular weight excluding hydrogens is 418 g/mol. The highest BCUT2D eigenvalue weighted by Crippen LogP contribution is 2.37. The summed E-state index contributed by atoms with van der Waals surface area (Å²) in [5.41, 5.74) is 2.09. The Bertz CT molecular complexity index is 1080. The molecule has 2 aliphatic heterocycles. The van der Waals surface area contributed by atoms with E-state index in [1.54, 1.807) is 31.4 Å². The first-order valence-corrected chi connectivity index (χ1v) is 11.4. The fourth-order valence-corrected chi connectivity index (χ4v) is 4.98. The van der Waals surface area contributed by atoms with Crippen LogP contribution >= 0.6 is 0 Å². The summed E-state index contributed by atoms with van der Waals surface area (Å²) >= 11 is 0. The maximum atomic E-state index is 13.2. The van der Waals surface area contributed by atoms with E-state index in [4.69, 9.17) is 4.74 Å². The highest BCUT2D eigenvalue weighted by molar-refractivity contribution is 6.22. The molecule has 7 heteroatoms. The van der Waals surface area contributed by atoms with Gasteiger partial charge in [-0.3, -0.25) is 19.3 Å². The van der Waals surface area contributed by atoms with Gasteiger partial charge in [0.1, 0.15) is 5.75 Å². The Kier molecular flexibility index (Phi) is 5.62. The largest absolute Gasteiger partial charge is 0.497 e. The van der Waals surface area contributed by atoms with Crippen LogP contribution in [-0.2, 0) is 9.59 Å². The van der Waals surface area contributed by atoms with E-state index in [1.165, 1.54) is 4.90 Å². The first kappa shape index (κ1) is 21.2. The lowest BCUT2D eigenvalue weighted by Gasteiger charge is -2.36. The van der Waals surface area contributed by atoms with Gasteiger partial charge in [-0.25, -0.2) is 0 Å². The van der Waals surface area contributed by atoms with Gasteiger partial charge in [0.15, 0.2) is 0 Å². The van der Waals surface area contributed by atoms with Crippen LogP contribution in [0, 0.1) is 11.8 Å². The molecule has 3 aliphatic rings. The van der Waals surface area contributed by atoms with Crippen LogP contribution in [0.3, 0.4) is 0 Å². The third-order valence-electron chi connectivity index (χ3n) is 6.86. The average molecular weight is 446 g/mol. The van der Waals surface area contributed by atoms with Crippen LogP contribution in [0.15, 0.2) is 60.7 Å². The van der Waals surface area contributed by atoms with Gasteiger partial charge >= 0.3 is 0 Å². The van der Waals surface area contributed by atoms with E-state index in [0.717, 1.165) is 24.5 Å². The monoisotopic (exact) mass is 445 g/mol. The Labute approximate surface area is 193 Å². The van der Waals surface area contributed by atoms with E-state index in [0.29, 0.717) is 37.2 Å². The SMILES string of the molecule is COc1ccc(N2CCN(C(=O)c3cccc(N4C(=O)[C@@H]5CC=CC[C@H]5C4=O)c3)CC2)cc1. The van der Waals surface area contributed by atoms with Crippen molar-refractivity contribution < 1.29 is 19.1 Å². The fraction of sp³-hybridized carbons (Fsp3) is 0.346. The molecule has 2 heterocycles. The number of methoxy groups -OCH3 is 1. The van der Waals surface area contributed by atoms with Crippen molar-refractivity contribution in [3.05, 3.63) is 66.2 Å². The topological polar surface area (TPSA) is 70.2 Å². The molecule has 170 valence electrons. The van der Waals surface area contributed by atoms with Crippen LogP contribution in [0.25, 0.3) is 0 Å². The van der Waals surface area contributed by atoms with E-state index in [2.05, 4.69) is 4.90 Å². The first-order valence-electron chi connectivity index (χ1n) is 11.4. The fourth-order valence-electron chi connectivity index (χ4n) is 4.98. The molecule has 2 atom stereocenters. The predicted molar refractivity (Wildman–Crippen MR) is 125 cm³/mol. The molecule has 0 aromatic heterocycles. The molecule has 2 aromatic rings. The van der Waals surface area contributed by atoms with Gasteiger partial charge in [-0.15, -0.1) is 0 Å². The van der Waals surface area contributed by atoms with Crippen molar-refractivity contribution in [2.24, 2.45) is 11.8 Å². The summed E-state index contributed by atoms with van der Waals surface area (Å²) in [5.74, 6) is -0.151. The van der Waals surface area contributed by atoms with Crippen LogP contribution in [0.1, 0.15) is 23.2 Å². The molecule has 7 nitrogen and oxygen atoms in total. The molecule has 0 radical (unpaired) electrons. The maximum absolute atomic E-state index is 13.2. The lowest BCUT2D eigenvalue weighted by atomic mass is 9.85. The molecule has 2 saturated heterocycles. The van der Waals surface area contributed by atoms with Crippen molar-refractivity contribution in [1.29, 1.82) is 0 Å². The molecule has 2 aromatic carbocycles. The van der Waals surface area contributed by atoms with E-state index in [-0.39, 0.29) is 29.6 Å². The van der Waals surface area contributed by atoms with Gasteiger partial charge in [0.05, 0.1) is 24.6 Å². The number of hydrogen-bond acceptors (Lipinski definition) is 5. The van der Waals surface area contributed by atoms with Gasteiger partial charge in [-0.05, 0) is 55.3 Å². The summed E-state index contributed by atoms with van der Waals surface area (Å²) in [7, 11) is 1.65. The minimum atomic E-state index is -0.284. The van der Waals surface area contributed by atoms with Gasteiger partial charge in [0.2, 0.25) is 11.8 Å². The Morgan fingerprint density at radius 2 is 1.48 bits per heavy atom. The standard InChI is InChI=1S/C26H27N3O4/c1-33-21-11-9-19(10-12-21)27-13-15-28(16-14-27)24(30)18-5-4-6-20(17-18)29-25(31)22-7-2-3-8-23(22)26(29)32/h2-6,9-12,17,22-23H,7-8,13-16H2,1H3/t22-,23-/m1/s1. The zero-order valence-electron chi connectivity index (χ0n) is 18.6. The second kappa shape index (κ2) is 8.73. The number of carbonyl (C=O) groups excluding carboxylic acids is 3. The number of amides is 3. The zero-order chi connectivity index (χ0) is 22.9. The van der Waals surface area contributed by atoms with Crippen molar-refractivity contribution in [3.8, 4) is 5.75 Å². The Hall–Kier alpha value is -3.61. The van der Waals surface area contributed by atoms with Crippen LogP contribution in [0.5, 0.6) is 5.75 Å². The smallest absolute Gasteiger partial charge is 0.254 e. The summed E-state index contributed by atoms with van der Waals surface area (Å²) in [5, 5.41) is 0. The van der Waals surface area contributed by atoms with Crippen LogP contribution in [0.2, 0.25) is 0 Å². The molecule has 33 heavy (non-hydrogen) atoms. The van der Waals surface area contributed by atoms with Crippen molar-refractivity contribution >= 4 is 29.1 Å². The number of carbonyl (C=O) groups is 3. The molecule has 1 aliphatic carbocycles. The predicted octanol–water partition coefficient (Wildman–Crippen LogP) is 3.11. The third-order valence-corrected chi connectivity index (χ3v) is 6.86. The second-order valence-electron chi connectivity index (χ2n) is 8.70.